The fourth-order valence-electron chi connectivity index (χ4n) is 2.36. The van der Waals surface area contributed by atoms with Crippen LogP contribution in [0.25, 0.3) is 5.69 Å². The van der Waals surface area contributed by atoms with Crippen molar-refractivity contribution in [3.8, 4) is 5.69 Å². The van der Waals surface area contributed by atoms with E-state index in [-0.39, 0.29) is 5.91 Å². The first-order valence-electron chi connectivity index (χ1n) is 7.63. The molecule has 0 radical (unpaired) electrons. The molecule has 0 saturated heterocycles. The van der Waals surface area contributed by atoms with Gasteiger partial charge < -0.3 is 10.2 Å². The lowest BCUT2D eigenvalue weighted by molar-refractivity contribution is 0.102. The van der Waals surface area contributed by atoms with Gasteiger partial charge in [0.25, 0.3) is 5.91 Å². The summed E-state index contributed by atoms with van der Waals surface area (Å²) in [5.74, 6) is -0.128. The lowest BCUT2D eigenvalue weighted by atomic mass is 10.1. The Morgan fingerprint density at radius 3 is 2.21 bits per heavy atom. The highest BCUT2D eigenvalue weighted by Crippen LogP contribution is 2.14. The first-order valence-corrected chi connectivity index (χ1v) is 7.63. The van der Waals surface area contributed by atoms with Crippen molar-refractivity contribution in [3.63, 3.8) is 0 Å². The summed E-state index contributed by atoms with van der Waals surface area (Å²) in [5, 5.41) is 11.0. The van der Waals surface area contributed by atoms with E-state index in [9.17, 15) is 4.79 Å². The Balaban J connectivity index is 1.66. The van der Waals surface area contributed by atoms with Gasteiger partial charge >= 0.3 is 0 Å². The quantitative estimate of drug-likeness (QED) is 0.784. The fourth-order valence-corrected chi connectivity index (χ4v) is 2.36. The van der Waals surface area contributed by atoms with Crippen LogP contribution < -0.4 is 5.32 Å². The third kappa shape index (κ3) is 3.85. The SMILES string of the molecule is CN(C)Cc1ccc(C(=O)Nc2ccc(-n3nccn3)cc2)cc1. The van der Waals surface area contributed by atoms with Gasteiger partial charge in [-0.3, -0.25) is 4.79 Å². The van der Waals surface area contributed by atoms with Gasteiger partial charge in [-0.2, -0.15) is 15.0 Å². The van der Waals surface area contributed by atoms with E-state index < -0.39 is 0 Å². The van der Waals surface area contributed by atoms with Gasteiger partial charge in [0.1, 0.15) is 0 Å². The highest BCUT2D eigenvalue weighted by atomic mass is 16.1. The molecule has 0 unspecified atom stereocenters. The summed E-state index contributed by atoms with van der Waals surface area (Å²) in [6, 6.07) is 15.0. The van der Waals surface area contributed by atoms with Crippen LogP contribution in [0.3, 0.4) is 0 Å². The van der Waals surface area contributed by atoms with Crippen molar-refractivity contribution in [2.75, 3.05) is 19.4 Å². The van der Waals surface area contributed by atoms with Gasteiger partial charge in [-0.05, 0) is 56.1 Å². The van der Waals surface area contributed by atoms with Crippen LogP contribution in [0.4, 0.5) is 5.69 Å². The molecule has 0 fully saturated rings. The molecular formula is C18H19N5O. The first kappa shape index (κ1) is 15.9. The Hall–Kier alpha value is -2.99. The number of nitrogens with one attached hydrogen (secondary N) is 1. The molecule has 0 aliphatic heterocycles. The van der Waals surface area contributed by atoms with Gasteiger partial charge in [-0.1, -0.05) is 12.1 Å². The molecule has 0 bridgehead atoms. The number of nitrogens with zero attached hydrogens (tertiary/aromatic N) is 4. The van der Waals surface area contributed by atoms with E-state index in [1.165, 1.54) is 10.4 Å². The van der Waals surface area contributed by atoms with Gasteiger partial charge in [0, 0.05) is 17.8 Å². The van der Waals surface area contributed by atoms with Crippen LogP contribution in [-0.4, -0.2) is 39.9 Å². The molecule has 1 aromatic heterocycles. The summed E-state index contributed by atoms with van der Waals surface area (Å²) < 4.78 is 0. The topological polar surface area (TPSA) is 63.1 Å². The molecule has 1 heterocycles. The average Bonchev–Trinajstić information content (AvgIpc) is 3.10. The van der Waals surface area contributed by atoms with E-state index in [0.717, 1.165) is 17.9 Å². The highest BCUT2D eigenvalue weighted by Gasteiger charge is 2.07. The maximum atomic E-state index is 12.3. The summed E-state index contributed by atoms with van der Waals surface area (Å²) in [4.78, 5) is 15.9. The molecule has 3 rings (SSSR count). The molecule has 0 spiro atoms. The molecule has 6 nitrogen and oxygen atoms in total. The molecule has 0 saturated carbocycles. The molecule has 6 heteroatoms. The molecule has 24 heavy (non-hydrogen) atoms. The molecule has 122 valence electrons. The van der Waals surface area contributed by atoms with Gasteiger partial charge in [-0.25, -0.2) is 0 Å². The van der Waals surface area contributed by atoms with Gasteiger partial charge in [0.15, 0.2) is 0 Å². The zero-order chi connectivity index (χ0) is 16.9. The lowest BCUT2D eigenvalue weighted by Crippen LogP contribution is -2.13. The van der Waals surface area contributed by atoms with Crippen LogP contribution in [0.5, 0.6) is 0 Å². The number of carbonyl (C=O) groups excluding carboxylic acids is 1. The maximum Gasteiger partial charge on any atom is 0.255 e. The number of carbonyl (C=O) groups is 1. The molecule has 2 aromatic carbocycles. The van der Waals surface area contributed by atoms with Crippen LogP contribution in [0, 0.1) is 0 Å². The summed E-state index contributed by atoms with van der Waals surface area (Å²) in [6.07, 6.45) is 3.24. The highest BCUT2D eigenvalue weighted by molar-refractivity contribution is 6.04. The van der Waals surface area contributed by atoms with Crippen molar-refractivity contribution >= 4 is 11.6 Å². The van der Waals surface area contributed by atoms with E-state index >= 15 is 0 Å². The number of hydrogen-bond acceptors (Lipinski definition) is 4. The number of amides is 1. The van der Waals surface area contributed by atoms with Crippen LogP contribution in [0.2, 0.25) is 0 Å². The molecule has 1 N–H and O–H groups in total. The smallest absolute Gasteiger partial charge is 0.255 e. The largest absolute Gasteiger partial charge is 0.322 e. The molecule has 0 aliphatic carbocycles. The minimum absolute atomic E-state index is 0.128. The number of aromatic nitrogens is 3. The van der Waals surface area contributed by atoms with E-state index in [2.05, 4.69) is 20.4 Å². The minimum Gasteiger partial charge on any atom is -0.322 e. The van der Waals surface area contributed by atoms with Crippen LogP contribution in [0.15, 0.2) is 60.9 Å². The Morgan fingerprint density at radius 2 is 1.62 bits per heavy atom. The number of benzene rings is 2. The van der Waals surface area contributed by atoms with E-state index in [1.54, 1.807) is 12.4 Å². The predicted octanol–water partition coefficient (Wildman–Crippen LogP) is 2.58. The second-order valence-corrected chi connectivity index (χ2v) is 5.75. The van der Waals surface area contributed by atoms with Gasteiger partial charge in [-0.15, -0.1) is 0 Å². The fraction of sp³-hybridized carbons (Fsp3) is 0.167. The van der Waals surface area contributed by atoms with E-state index in [0.29, 0.717) is 5.56 Å². The number of rotatable bonds is 5. The zero-order valence-corrected chi connectivity index (χ0v) is 13.7. The number of hydrogen-bond donors (Lipinski definition) is 1. The summed E-state index contributed by atoms with van der Waals surface area (Å²) >= 11 is 0. The molecule has 3 aromatic rings. The normalized spacial score (nSPS) is 10.8. The third-order valence-corrected chi connectivity index (χ3v) is 3.49. The number of anilines is 1. The van der Waals surface area contributed by atoms with Crippen molar-refractivity contribution in [1.29, 1.82) is 0 Å². The average molecular weight is 321 g/mol. The monoisotopic (exact) mass is 321 g/mol. The van der Waals surface area contributed by atoms with E-state index in [4.69, 9.17) is 0 Å². The Bertz CT molecular complexity index is 792. The second-order valence-electron chi connectivity index (χ2n) is 5.75. The van der Waals surface area contributed by atoms with Crippen molar-refractivity contribution in [2.24, 2.45) is 0 Å². The van der Waals surface area contributed by atoms with E-state index in [1.807, 2.05) is 62.6 Å². The minimum atomic E-state index is -0.128. The maximum absolute atomic E-state index is 12.3. The molecule has 0 atom stereocenters. The van der Waals surface area contributed by atoms with Crippen molar-refractivity contribution in [2.45, 2.75) is 6.54 Å². The standard InChI is InChI=1S/C18H19N5O/c1-22(2)13-14-3-5-15(6-4-14)18(24)21-16-7-9-17(10-8-16)23-19-11-12-20-23/h3-12H,13H2,1-2H3,(H,21,24). The molecule has 1 amide bonds. The van der Waals surface area contributed by atoms with Gasteiger partial charge in [0.05, 0.1) is 18.1 Å². The summed E-state index contributed by atoms with van der Waals surface area (Å²) in [6.45, 7) is 0.852. The molecular weight excluding hydrogens is 302 g/mol. The van der Waals surface area contributed by atoms with Crippen molar-refractivity contribution in [1.82, 2.24) is 19.9 Å². The van der Waals surface area contributed by atoms with Crippen molar-refractivity contribution in [3.05, 3.63) is 72.1 Å². The molecule has 0 aliphatic rings. The summed E-state index contributed by atoms with van der Waals surface area (Å²) in [5.41, 5.74) is 3.38. The van der Waals surface area contributed by atoms with Gasteiger partial charge in [0.2, 0.25) is 0 Å². The first-order chi connectivity index (χ1) is 11.6. The zero-order valence-electron chi connectivity index (χ0n) is 13.7. The second kappa shape index (κ2) is 7.06. The predicted molar refractivity (Wildman–Crippen MR) is 93.1 cm³/mol. The van der Waals surface area contributed by atoms with Crippen LogP contribution in [0.1, 0.15) is 15.9 Å². The lowest BCUT2D eigenvalue weighted by Gasteiger charge is -2.10. The summed E-state index contributed by atoms with van der Waals surface area (Å²) in [7, 11) is 4.03. The van der Waals surface area contributed by atoms with Crippen molar-refractivity contribution < 1.29 is 4.79 Å². The Kier molecular flexibility index (Phi) is 4.67. The van der Waals surface area contributed by atoms with Crippen LogP contribution >= 0.6 is 0 Å². The Morgan fingerprint density at radius 1 is 1.00 bits per heavy atom. The van der Waals surface area contributed by atoms with Crippen LogP contribution in [-0.2, 0) is 6.54 Å². The third-order valence-electron chi connectivity index (χ3n) is 3.49. The Labute approximate surface area is 140 Å².